The van der Waals surface area contributed by atoms with Gasteiger partial charge in [-0.1, -0.05) is 43.7 Å². The third-order valence-electron chi connectivity index (χ3n) is 3.04. The number of benzene rings is 1. The molecule has 0 unspecified atom stereocenters. The van der Waals surface area contributed by atoms with E-state index in [2.05, 4.69) is 17.2 Å². The fourth-order valence-corrected chi connectivity index (χ4v) is 1.85. The standard InChI is InChI=1S/C18H20N2O2/c1-2-3-14-22-18-16(10-7-12-20-18)17(21)19-13-11-15-8-5-4-6-9-15/h4-13H,2-3,14H2,1H3,(H,19,21). The van der Waals surface area contributed by atoms with Crippen molar-refractivity contribution < 1.29 is 9.53 Å². The summed E-state index contributed by atoms with van der Waals surface area (Å²) in [6.45, 7) is 2.65. The number of nitrogens with zero attached hydrogens (tertiary/aromatic N) is 1. The monoisotopic (exact) mass is 296 g/mol. The second kappa shape index (κ2) is 8.62. The number of ether oxygens (including phenoxy) is 1. The van der Waals surface area contributed by atoms with Crippen molar-refractivity contribution in [1.29, 1.82) is 0 Å². The van der Waals surface area contributed by atoms with Crippen molar-refractivity contribution in [2.75, 3.05) is 6.61 Å². The van der Waals surface area contributed by atoms with Gasteiger partial charge >= 0.3 is 0 Å². The maximum atomic E-state index is 12.2. The summed E-state index contributed by atoms with van der Waals surface area (Å²) in [5.74, 6) is 0.147. The first-order valence-corrected chi connectivity index (χ1v) is 7.41. The predicted molar refractivity (Wildman–Crippen MR) is 87.6 cm³/mol. The van der Waals surface area contributed by atoms with E-state index in [9.17, 15) is 4.79 Å². The molecule has 0 saturated heterocycles. The van der Waals surface area contributed by atoms with E-state index in [4.69, 9.17) is 4.74 Å². The van der Waals surface area contributed by atoms with Gasteiger partial charge in [0.05, 0.1) is 6.61 Å². The van der Waals surface area contributed by atoms with E-state index in [1.54, 1.807) is 24.5 Å². The van der Waals surface area contributed by atoms with Crippen LogP contribution in [0, 0.1) is 0 Å². The van der Waals surface area contributed by atoms with Crippen LogP contribution in [0.3, 0.4) is 0 Å². The highest BCUT2D eigenvalue weighted by Crippen LogP contribution is 2.14. The van der Waals surface area contributed by atoms with Crippen LogP contribution in [-0.2, 0) is 0 Å². The average molecular weight is 296 g/mol. The lowest BCUT2D eigenvalue weighted by molar-refractivity contribution is 0.0965. The Morgan fingerprint density at radius 3 is 2.82 bits per heavy atom. The largest absolute Gasteiger partial charge is 0.477 e. The number of aromatic nitrogens is 1. The molecule has 22 heavy (non-hydrogen) atoms. The first-order chi connectivity index (χ1) is 10.8. The molecule has 1 aromatic heterocycles. The minimum absolute atomic E-state index is 0.230. The zero-order valence-electron chi connectivity index (χ0n) is 12.7. The SMILES string of the molecule is CCCCOc1ncccc1C(=O)NC=Cc1ccccc1. The molecule has 0 aliphatic carbocycles. The molecule has 0 radical (unpaired) electrons. The molecule has 1 heterocycles. The van der Waals surface area contributed by atoms with E-state index in [1.807, 2.05) is 36.4 Å². The number of rotatable bonds is 7. The van der Waals surface area contributed by atoms with Crippen molar-refractivity contribution in [3.63, 3.8) is 0 Å². The number of hydrogen-bond acceptors (Lipinski definition) is 3. The maximum absolute atomic E-state index is 12.2. The highest BCUT2D eigenvalue weighted by Gasteiger charge is 2.11. The molecule has 4 heteroatoms. The first kappa shape index (κ1) is 15.8. The van der Waals surface area contributed by atoms with E-state index in [0.717, 1.165) is 18.4 Å². The average Bonchev–Trinajstić information content (AvgIpc) is 2.56. The van der Waals surface area contributed by atoms with Crippen molar-refractivity contribution in [2.45, 2.75) is 19.8 Å². The molecule has 2 rings (SSSR count). The molecular formula is C18H20N2O2. The number of unbranched alkanes of at least 4 members (excludes halogenated alkanes) is 1. The number of carbonyl (C=O) groups is 1. The summed E-state index contributed by atoms with van der Waals surface area (Å²) in [6.07, 6.45) is 7.06. The van der Waals surface area contributed by atoms with E-state index in [-0.39, 0.29) is 5.91 Å². The van der Waals surface area contributed by atoms with Crippen molar-refractivity contribution in [3.05, 3.63) is 66.0 Å². The normalized spacial score (nSPS) is 10.6. The van der Waals surface area contributed by atoms with Crippen LogP contribution in [0.15, 0.2) is 54.9 Å². The zero-order valence-corrected chi connectivity index (χ0v) is 12.7. The molecule has 1 amide bonds. The van der Waals surface area contributed by atoms with Crippen LogP contribution in [0.5, 0.6) is 5.88 Å². The third-order valence-corrected chi connectivity index (χ3v) is 3.04. The molecule has 0 atom stereocenters. The summed E-state index contributed by atoms with van der Waals surface area (Å²) < 4.78 is 5.57. The number of pyridine rings is 1. The van der Waals surface area contributed by atoms with Gasteiger partial charge in [0.25, 0.3) is 5.91 Å². The predicted octanol–water partition coefficient (Wildman–Crippen LogP) is 3.66. The van der Waals surface area contributed by atoms with Crippen LogP contribution >= 0.6 is 0 Å². The fraction of sp³-hybridized carbons (Fsp3) is 0.222. The van der Waals surface area contributed by atoms with Gasteiger partial charge in [0.2, 0.25) is 5.88 Å². The van der Waals surface area contributed by atoms with E-state index in [1.165, 1.54) is 0 Å². The molecule has 0 bridgehead atoms. The van der Waals surface area contributed by atoms with Gasteiger partial charge in [-0.2, -0.15) is 0 Å². The minimum Gasteiger partial charge on any atom is -0.477 e. The molecule has 0 aliphatic rings. The van der Waals surface area contributed by atoms with Crippen LogP contribution in [0.2, 0.25) is 0 Å². The number of amides is 1. The van der Waals surface area contributed by atoms with Gasteiger partial charge < -0.3 is 10.1 Å². The highest BCUT2D eigenvalue weighted by atomic mass is 16.5. The quantitative estimate of drug-likeness (QED) is 0.793. The molecular weight excluding hydrogens is 276 g/mol. The Labute approximate surface area is 130 Å². The van der Waals surface area contributed by atoms with Gasteiger partial charge in [-0.3, -0.25) is 4.79 Å². The van der Waals surface area contributed by atoms with Crippen molar-refractivity contribution >= 4 is 12.0 Å². The molecule has 1 N–H and O–H groups in total. The summed E-state index contributed by atoms with van der Waals surface area (Å²) >= 11 is 0. The van der Waals surface area contributed by atoms with Crippen LogP contribution < -0.4 is 10.1 Å². The summed E-state index contributed by atoms with van der Waals surface area (Å²) in [6, 6.07) is 13.2. The number of hydrogen-bond donors (Lipinski definition) is 1. The molecule has 0 fully saturated rings. The Kier molecular flexibility index (Phi) is 6.18. The van der Waals surface area contributed by atoms with E-state index >= 15 is 0 Å². The Hall–Kier alpha value is -2.62. The van der Waals surface area contributed by atoms with Gasteiger partial charge in [0.15, 0.2) is 0 Å². The van der Waals surface area contributed by atoms with Crippen LogP contribution in [0.1, 0.15) is 35.7 Å². The van der Waals surface area contributed by atoms with Gasteiger partial charge in [-0.25, -0.2) is 4.98 Å². The van der Waals surface area contributed by atoms with Crippen LogP contribution in [0.25, 0.3) is 6.08 Å². The molecule has 114 valence electrons. The summed E-state index contributed by atoms with van der Waals surface area (Å²) in [7, 11) is 0. The molecule has 0 spiro atoms. The summed E-state index contributed by atoms with van der Waals surface area (Å²) in [5.41, 5.74) is 1.46. The van der Waals surface area contributed by atoms with Gasteiger partial charge in [-0.05, 0) is 30.2 Å². The second-order valence-corrected chi connectivity index (χ2v) is 4.78. The number of nitrogens with one attached hydrogen (secondary N) is 1. The van der Waals surface area contributed by atoms with Gasteiger partial charge in [0, 0.05) is 12.4 Å². The Balaban J connectivity index is 1.98. The summed E-state index contributed by atoms with van der Waals surface area (Å²) in [4.78, 5) is 16.3. The van der Waals surface area contributed by atoms with Gasteiger partial charge in [-0.15, -0.1) is 0 Å². The lowest BCUT2D eigenvalue weighted by atomic mass is 10.2. The molecule has 0 aliphatic heterocycles. The molecule has 4 nitrogen and oxygen atoms in total. The number of carbonyl (C=O) groups excluding carboxylic acids is 1. The lowest BCUT2D eigenvalue weighted by Crippen LogP contribution is -2.18. The van der Waals surface area contributed by atoms with E-state index < -0.39 is 0 Å². The Morgan fingerprint density at radius 1 is 1.23 bits per heavy atom. The Bertz CT molecular complexity index is 624. The highest BCUT2D eigenvalue weighted by molar-refractivity contribution is 5.97. The third kappa shape index (κ3) is 4.74. The topological polar surface area (TPSA) is 51.2 Å². The smallest absolute Gasteiger partial charge is 0.260 e. The van der Waals surface area contributed by atoms with E-state index in [0.29, 0.717) is 18.1 Å². The summed E-state index contributed by atoms with van der Waals surface area (Å²) in [5, 5.41) is 2.74. The van der Waals surface area contributed by atoms with Gasteiger partial charge in [0.1, 0.15) is 5.56 Å². The van der Waals surface area contributed by atoms with Crippen LogP contribution in [0.4, 0.5) is 0 Å². The second-order valence-electron chi connectivity index (χ2n) is 4.78. The molecule has 1 aromatic carbocycles. The van der Waals surface area contributed by atoms with Crippen molar-refractivity contribution in [1.82, 2.24) is 10.3 Å². The lowest BCUT2D eigenvalue weighted by Gasteiger charge is -2.08. The Morgan fingerprint density at radius 2 is 2.05 bits per heavy atom. The molecule has 2 aromatic rings. The first-order valence-electron chi connectivity index (χ1n) is 7.41. The van der Waals surface area contributed by atoms with Crippen molar-refractivity contribution in [2.24, 2.45) is 0 Å². The maximum Gasteiger partial charge on any atom is 0.260 e. The molecule has 0 saturated carbocycles. The fourth-order valence-electron chi connectivity index (χ4n) is 1.85. The zero-order chi connectivity index (χ0) is 15.6. The van der Waals surface area contributed by atoms with Crippen molar-refractivity contribution in [3.8, 4) is 5.88 Å². The van der Waals surface area contributed by atoms with Crippen LogP contribution in [-0.4, -0.2) is 17.5 Å². The minimum atomic E-state index is -0.230.